The first kappa shape index (κ1) is 14.5. The van der Waals surface area contributed by atoms with Crippen LogP contribution in [0.1, 0.15) is 38.3 Å². The summed E-state index contributed by atoms with van der Waals surface area (Å²) in [4.78, 5) is 6.73. The predicted molar refractivity (Wildman–Crippen MR) is 61.1 cm³/mol. The highest BCUT2D eigenvalue weighted by Gasteiger charge is 2.33. The van der Waals surface area contributed by atoms with Gasteiger partial charge in [0.05, 0.1) is 6.61 Å². The van der Waals surface area contributed by atoms with E-state index in [9.17, 15) is 13.2 Å². The second kappa shape index (κ2) is 6.42. The number of nitrogen functional groups attached to an aromatic ring is 1. The Hall–Kier alpha value is -1.53. The van der Waals surface area contributed by atoms with E-state index in [1.54, 1.807) is 0 Å². The van der Waals surface area contributed by atoms with Crippen LogP contribution in [0.5, 0.6) is 5.88 Å². The van der Waals surface area contributed by atoms with Gasteiger partial charge in [-0.25, -0.2) is 4.98 Å². The summed E-state index contributed by atoms with van der Waals surface area (Å²) < 4.78 is 42.4. The smallest absolute Gasteiger partial charge is 0.433 e. The molecule has 0 radical (unpaired) electrons. The van der Waals surface area contributed by atoms with Crippen LogP contribution in [0.25, 0.3) is 0 Å². The lowest BCUT2D eigenvalue weighted by Gasteiger charge is -2.09. The Morgan fingerprint density at radius 1 is 1.22 bits per heavy atom. The van der Waals surface area contributed by atoms with Crippen molar-refractivity contribution in [3.63, 3.8) is 0 Å². The van der Waals surface area contributed by atoms with Crippen LogP contribution in [0.15, 0.2) is 6.07 Å². The molecule has 18 heavy (non-hydrogen) atoms. The van der Waals surface area contributed by atoms with Gasteiger partial charge in [-0.05, 0) is 6.42 Å². The van der Waals surface area contributed by atoms with Gasteiger partial charge in [-0.1, -0.05) is 26.2 Å². The number of nitrogens with zero attached hydrogens (tertiary/aromatic N) is 2. The maximum Gasteiger partial charge on any atom is 0.433 e. The van der Waals surface area contributed by atoms with Crippen molar-refractivity contribution >= 4 is 5.95 Å². The predicted octanol–water partition coefficient (Wildman–Crippen LogP) is 3.04. The molecular formula is C11H16F3N3O. The van der Waals surface area contributed by atoms with Crippen molar-refractivity contribution in [1.82, 2.24) is 9.97 Å². The lowest BCUT2D eigenvalue weighted by Crippen LogP contribution is -2.12. The normalized spacial score (nSPS) is 11.6. The van der Waals surface area contributed by atoms with E-state index in [4.69, 9.17) is 10.5 Å². The van der Waals surface area contributed by atoms with Gasteiger partial charge in [-0.3, -0.25) is 0 Å². The highest BCUT2D eigenvalue weighted by molar-refractivity contribution is 5.27. The van der Waals surface area contributed by atoms with E-state index in [1.165, 1.54) is 0 Å². The van der Waals surface area contributed by atoms with Crippen LogP contribution < -0.4 is 10.5 Å². The number of aromatic nitrogens is 2. The molecule has 0 aromatic carbocycles. The van der Waals surface area contributed by atoms with Crippen LogP contribution >= 0.6 is 0 Å². The molecule has 7 heteroatoms. The van der Waals surface area contributed by atoms with E-state index in [-0.39, 0.29) is 5.88 Å². The molecule has 0 fully saturated rings. The first-order valence-electron chi connectivity index (χ1n) is 5.78. The Bertz CT molecular complexity index is 382. The van der Waals surface area contributed by atoms with E-state index >= 15 is 0 Å². The van der Waals surface area contributed by atoms with E-state index in [1.807, 2.05) is 0 Å². The largest absolute Gasteiger partial charge is 0.478 e. The third-order valence-electron chi connectivity index (χ3n) is 2.26. The van der Waals surface area contributed by atoms with Crippen molar-refractivity contribution in [3.05, 3.63) is 11.8 Å². The summed E-state index contributed by atoms with van der Waals surface area (Å²) >= 11 is 0. The fourth-order valence-electron chi connectivity index (χ4n) is 1.37. The number of unbranched alkanes of at least 4 members (excludes halogenated alkanes) is 3. The van der Waals surface area contributed by atoms with Gasteiger partial charge in [0.25, 0.3) is 0 Å². The Balaban J connectivity index is 2.58. The summed E-state index contributed by atoms with van der Waals surface area (Å²) in [5.41, 5.74) is 4.12. The number of hydrogen-bond acceptors (Lipinski definition) is 4. The topological polar surface area (TPSA) is 61.0 Å². The molecule has 0 aliphatic heterocycles. The molecule has 2 N–H and O–H groups in total. The zero-order valence-electron chi connectivity index (χ0n) is 10.1. The van der Waals surface area contributed by atoms with Crippen molar-refractivity contribution in [1.29, 1.82) is 0 Å². The average molecular weight is 263 g/mol. The average Bonchev–Trinajstić information content (AvgIpc) is 2.27. The minimum absolute atomic E-state index is 0.133. The Kier molecular flexibility index (Phi) is 5.18. The molecule has 1 aromatic rings. The molecule has 4 nitrogen and oxygen atoms in total. The summed E-state index contributed by atoms with van der Waals surface area (Å²) in [5.74, 6) is -0.570. The number of hydrogen-bond donors (Lipinski definition) is 1. The second-order valence-corrected chi connectivity index (χ2v) is 3.86. The molecule has 0 atom stereocenters. The highest BCUT2D eigenvalue weighted by atomic mass is 19.4. The van der Waals surface area contributed by atoms with Crippen LogP contribution in [0.3, 0.4) is 0 Å². The number of anilines is 1. The fourth-order valence-corrected chi connectivity index (χ4v) is 1.37. The molecule has 0 aliphatic carbocycles. The van der Waals surface area contributed by atoms with Crippen LogP contribution in [-0.4, -0.2) is 16.6 Å². The lowest BCUT2D eigenvalue weighted by atomic mass is 10.2. The Morgan fingerprint density at radius 3 is 2.56 bits per heavy atom. The van der Waals surface area contributed by atoms with Crippen molar-refractivity contribution in [3.8, 4) is 5.88 Å². The van der Waals surface area contributed by atoms with Crippen LogP contribution in [-0.2, 0) is 6.18 Å². The fraction of sp³-hybridized carbons (Fsp3) is 0.636. The SMILES string of the molecule is CCCCCCOc1cc(C(F)(F)F)nc(N)n1. The lowest BCUT2D eigenvalue weighted by molar-refractivity contribution is -0.141. The van der Waals surface area contributed by atoms with Gasteiger partial charge in [-0.15, -0.1) is 0 Å². The van der Waals surface area contributed by atoms with E-state index in [2.05, 4.69) is 16.9 Å². The zero-order chi connectivity index (χ0) is 13.6. The molecule has 0 saturated carbocycles. The van der Waals surface area contributed by atoms with Gasteiger partial charge in [0.2, 0.25) is 11.8 Å². The highest BCUT2D eigenvalue weighted by Crippen LogP contribution is 2.29. The molecule has 0 unspecified atom stereocenters. The Morgan fingerprint density at radius 2 is 1.94 bits per heavy atom. The maximum atomic E-state index is 12.4. The molecule has 1 rings (SSSR count). The van der Waals surface area contributed by atoms with Gasteiger partial charge >= 0.3 is 6.18 Å². The van der Waals surface area contributed by atoms with Gasteiger partial charge < -0.3 is 10.5 Å². The van der Waals surface area contributed by atoms with Crippen LogP contribution in [0, 0.1) is 0 Å². The van der Waals surface area contributed by atoms with Gasteiger partial charge in [0, 0.05) is 6.07 Å². The van der Waals surface area contributed by atoms with Crippen molar-refractivity contribution in [2.24, 2.45) is 0 Å². The second-order valence-electron chi connectivity index (χ2n) is 3.86. The monoisotopic (exact) mass is 263 g/mol. The zero-order valence-corrected chi connectivity index (χ0v) is 10.1. The van der Waals surface area contributed by atoms with E-state index < -0.39 is 17.8 Å². The molecule has 102 valence electrons. The number of nitrogens with two attached hydrogens (primary N) is 1. The van der Waals surface area contributed by atoms with Crippen molar-refractivity contribution < 1.29 is 17.9 Å². The molecule has 0 amide bonds. The van der Waals surface area contributed by atoms with Gasteiger partial charge in [-0.2, -0.15) is 18.2 Å². The molecule has 0 spiro atoms. The summed E-state index contributed by atoms with van der Waals surface area (Å²) in [7, 11) is 0. The minimum Gasteiger partial charge on any atom is -0.478 e. The van der Waals surface area contributed by atoms with Crippen molar-refractivity contribution in [2.45, 2.75) is 38.8 Å². The first-order chi connectivity index (χ1) is 8.43. The maximum absolute atomic E-state index is 12.4. The quantitative estimate of drug-likeness (QED) is 0.801. The van der Waals surface area contributed by atoms with Gasteiger partial charge in [0.1, 0.15) is 0 Å². The Labute approximate surface area is 103 Å². The molecule has 1 heterocycles. The third kappa shape index (κ3) is 4.77. The standard InChI is InChI=1S/C11H16F3N3O/c1-2-3-4-5-6-18-9-7-8(11(12,13)14)16-10(15)17-9/h7H,2-6H2,1H3,(H2,15,16,17). The molecule has 0 saturated heterocycles. The number of ether oxygens (including phenoxy) is 1. The molecule has 1 aromatic heterocycles. The molecular weight excluding hydrogens is 247 g/mol. The third-order valence-corrected chi connectivity index (χ3v) is 2.26. The molecule has 0 bridgehead atoms. The number of rotatable bonds is 6. The minimum atomic E-state index is -4.54. The summed E-state index contributed by atoms with van der Waals surface area (Å²) in [6.07, 6.45) is -0.637. The summed E-state index contributed by atoms with van der Waals surface area (Å²) in [6.45, 7) is 2.40. The van der Waals surface area contributed by atoms with Crippen LogP contribution in [0.4, 0.5) is 19.1 Å². The van der Waals surface area contributed by atoms with Gasteiger partial charge in [0.15, 0.2) is 5.69 Å². The summed E-state index contributed by atoms with van der Waals surface area (Å²) in [5, 5.41) is 0. The number of alkyl halides is 3. The first-order valence-corrected chi connectivity index (χ1v) is 5.78. The van der Waals surface area contributed by atoms with E-state index in [0.29, 0.717) is 6.61 Å². The summed E-state index contributed by atoms with van der Waals surface area (Å²) in [6, 6.07) is 0.760. The van der Waals surface area contributed by atoms with E-state index in [0.717, 1.165) is 31.7 Å². The van der Waals surface area contributed by atoms with Crippen molar-refractivity contribution in [2.75, 3.05) is 12.3 Å². The van der Waals surface area contributed by atoms with Crippen LogP contribution in [0.2, 0.25) is 0 Å². The molecule has 0 aliphatic rings. The number of halogens is 3.